The van der Waals surface area contributed by atoms with Crippen LogP contribution in [0.15, 0.2) is 70.5 Å². The van der Waals surface area contributed by atoms with Crippen molar-refractivity contribution in [2.45, 2.75) is 11.8 Å². The first-order valence-corrected chi connectivity index (χ1v) is 10.2. The first-order chi connectivity index (χ1) is 13.5. The molecule has 0 saturated heterocycles. The van der Waals surface area contributed by atoms with Crippen molar-refractivity contribution in [2.75, 3.05) is 11.6 Å². The molecule has 6 nitrogen and oxygen atoms in total. The van der Waals surface area contributed by atoms with Crippen LogP contribution in [0.25, 0.3) is 22.2 Å². The van der Waals surface area contributed by atoms with E-state index < -0.39 is 10.8 Å². The molecule has 2 heterocycles. The van der Waals surface area contributed by atoms with Gasteiger partial charge in [-0.05, 0) is 36.8 Å². The van der Waals surface area contributed by atoms with E-state index in [0.717, 1.165) is 16.8 Å². The van der Waals surface area contributed by atoms with Crippen LogP contribution in [-0.2, 0) is 10.8 Å². The van der Waals surface area contributed by atoms with Crippen LogP contribution in [0.1, 0.15) is 5.56 Å². The van der Waals surface area contributed by atoms with Crippen molar-refractivity contribution in [2.24, 2.45) is 0 Å². The van der Waals surface area contributed by atoms with Gasteiger partial charge in [-0.1, -0.05) is 30.3 Å². The lowest BCUT2D eigenvalue weighted by molar-refractivity contribution is 0.687. The lowest BCUT2D eigenvalue weighted by Crippen LogP contribution is -2.11. The smallest absolute Gasteiger partial charge is 0.275 e. The van der Waals surface area contributed by atoms with E-state index in [1.807, 2.05) is 43.3 Å². The van der Waals surface area contributed by atoms with Gasteiger partial charge < -0.3 is 10.3 Å². The molecular weight excluding hydrogens is 372 g/mol. The van der Waals surface area contributed by atoms with E-state index >= 15 is 0 Å². The van der Waals surface area contributed by atoms with E-state index in [4.69, 9.17) is 0 Å². The molecule has 0 saturated carbocycles. The maximum Gasteiger partial charge on any atom is 0.275 e. The third-order valence-electron chi connectivity index (χ3n) is 4.44. The van der Waals surface area contributed by atoms with Gasteiger partial charge in [-0.15, -0.1) is 0 Å². The summed E-state index contributed by atoms with van der Waals surface area (Å²) in [7, 11) is -1.08. The number of nitrogens with zero attached hydrogens (tertiary/aromatic N) is 2. The summed E-state index contributed by atoms with van der Waals surface area (Å²) in [5, 5.41) is 3.73. The van der Waals surface area contributed by atoms with Crippen LogP contribution in [0.2, 0.25) is 0 Å². The molecule has 0 aliphatic carbocycles. The van der Waals surface area contributed by atoms with E-state index in [-0.39, 0.29) is 5.56 Å². The van der Waals surface area contributed by atoms with Crippen LogP contribution in [0.5, 0.6) is 0 Å². The van der Waals surface area contributed by atoms with Crippen LogP contribution in [0.4, 0.5) is 11.6 Å². The van der Waals surface area contributed by atoms with Gasteiger partial charge in [0, 0.05) is 50.5 Å². The Balaban J connectivity index is 1.72. The number of nitrogens with one attached hydrogen (secondary N) is 2. The zero-order valence-electron chi connectivity index (χ0n) is 15.4. The maximum absolute atomic E-state index is 12.6. The molecule has 2 aromatic carbocycles. The van der Waals surface area contributed by atoms with Crippen molar-refractivity contribution in [1.29, 1.82) is 0 Å². The minimum absolute atomic E-state index is 0.274. The highest BCUT2D eigenvalue weighted by Crippen LogP contribution is 2.23. The third kappa shape index (κ3) is 3.57. The van der Waals surface area contributed by atoms with Gasteiger partial charge in [0.25, 0.3) is 5.56 Å². The number of aromatic amines is 1. The maximum atomic E-state index is 12.6. The van der Waals surface area contributed by atoms with E-state index in [9.17, 15) is 9.00 Å². The predicted molar refractivity (Wildman–Crippen MR) is 112 cm³/mol. The van der Waals surface area contributed by atoms with Crippen LogP contribution in [0.3, 0.4) is 0 Å². The highest BCUT2D eigenvalue weighted by molar-refractivity contribution is 7.84. The van der Waals surface area contributed by atoms with Crippen molar-refractivity contribution < 1.29 is 4.21 Å². The molecule has 140 valence electrons. The summed E-state index contributed by atoms with van der Waals surface area (Å²) in [6, 6.07) is 16.9. The van der Waals surface area contributed by atoms with E-state index in [1.165, 1.54) is 0 Å². The number of anilines is 2. The molecule has 0 spiro atoms. The average molecular weight is 390 g/mol. The highest BCUT2D eigenvalue weighted by atomic mass is 32.2. The number of hydrogen-bond acceptors (Lipinski definition) is 5. The minimum atomic E-state index is -1.08. The first-order valence-electron chi connectivity index (χ1n) is 8.68. The number of benzene rings is 2. The van der Waals surface area contributed by atoms with E-state index in [2.05, 4.69) is 20.3 Å². The van der Waals surface area contributed by atoms with E-state index in [1.54, 1.807) is 30.7 Å². The molecule has 0 fully saturated rings. The van der Waals surface area contributed by atoms with Gasteiger partial charge in [-0.2, -0.15) is 0 Å². The van der Waals surface area contributed by atoms with E-state index in [0.29, 0.717) is 27.4 Å². The molecule has 0 aliphatic heterocycles. The Kier molecular flexibility index (Phi) is 4.75. The standard InChI is InChI=1S/C21H18N4O2S/c1-13-6-3-4-9-17(13)18-10-14-12-22-21(25-19(14)20(26)24-18)23-15-7-5-8-16(11-15)28(2)27/h3-12H,1-2H3,(H,24,26)(H,22,23,25). The summed E-state index contributed by atoms with van der Waals surface area (Å²) in [6.45, 7) is 2.00. The largest absolute Gasteiger partial charge is 0.324 e. The lowest BCUT2D eigenvalue weighted by Gasteiger charge is -2.09. The Hall–Kier alpha value is -3.32. The third-order valence-corrected chi connectivity index (χ3v) is 5.36. The molecule has 0 bridgehead atoms. The second-order valence-electron chi connectivity index (χ2n) is 6.43. The molecule has 28 heavy (non-hydrogen) atoms. The van der Waals surface area contributed by atoms with Crippen molar-refractivity contribution in [3.05, 3.63) is 76.7 Å². The zero-order chi connectivity index (χ0) is 19.7. The van der Waals surface area contributed by atoms with Gasteiger partial charge in [0.15, 0.2) is 0 Å². The number of H-pyrrole nitrogens is 1. The number of fused-ring (bicyclic) bond motifs is 1. The van der Waals surface area contributed by atoms with Crippen molar-refractivity contribution >= 4 is 33.3 Å². The Morgan fingerprint density at radius 3 is 2.68 bits per heavy atom. The van der Waals surface area contributed by atoms with Gasteiger partial charge >= 0.3 is 0 Å². The molecule has 1 unspecified atom stereocenters. The first kappa shape index (κ1) is 18.1. The van der Waals surface area contributed by atoms with Crippen LogP contribution < -0.4 is 10.9 Å². The van der Waals surface area contributed by atoms with Crippen LogP contribution >= 0.6 is 0 Å². The Morgan fingerprint density at radius 2 is 1.89 bits per heavy atom. The SMILES string of the molecule is Cc1ccccc1-c1cc2cnc(Nc3cccc(S(C)=O)c3)nc2c(=O)[nH]1. The Bertz CT molecular complexity index is 1270. The fraction of sp³-hybridized carbons (Fsp3) is 0.0952. The molecule has 0 radical (unpaired) electrons. The molecular formula is C21H18N4O2S. The molecule has 1 atom stereocenters. The number of rotatable bonds is 4. The summed E-state index contributed by atoms with van der Waals surface area (Å²) in [6.07, 6.45) is 3.25. The fourth-order valence-corrected chi connectivity index (χ4v) is 3.58. The Morgan fingerprint density at radius 1 is 1.07 bits per heavy atom. The molecule has 7 heteroatoms. The highest BCUT2D eigenvalue weighted by Gasteiger charge is 2.09. The van der Waals surface area contributed by atoms with Crippen molar-refractivity contribution in [1.82, 2.24) is 15.0 Å². The zero-order valence-corrected chi connectivity index (χ0v) is 16.2. The quantitative estimate of drug-likeness (QED) is 0.554. The second kappa shape index (κ2) is 7.36. The molecule has 4 aromatic rings. The molecule has 2 aromatic heterocycles. The number of pyridine rings is 1. The molecule has 2 N–H and O–H groups in total. The van der Waals surface area contributed by atoms with Gasteiger partial charge in [-0.25, -0.2) is 9.97 Å². The number of aromatic nitrogens is 3. The number of aryl methyl sites for hydroxylation is 1. The minimum Gasteiger partial charge on any atom is -0.324 e. The lowest BCUT2D eigenvalue weighted by atomic mass is 10.0. The van der Waals surface area contributed by atoms with Crippen molar-refractivity contribution in [3.63, 3.8) is 0 Å². The summed E-state index contributed by atoms with van der Waals surface area (Å²) < 4.78 is 11.6. The van der Waals surface area contributed by atoms with Gasteiger partial charge in [0.05, 0.1) is 0 Å². The van der Waals surface area contributed by atoms with Gasteiger partial charge in [0.1, 0.15) is 5.52 Å². The van der Waals surface area contributed by atoms with Gasteiger partial charge in [0.2, 0.25) is 5.95 Å². The average Bonchev–Trinajstić information content (AvgIpc) is 2.69. The molecule has 0 aliphatic rings. The topological polar surface area (TPSA) is 87.7 Å². The molecule has 0 amide bonds. The molecule has 4 rings (SSSR count). The van der Waals surface area contributed by atoms with Crippen LogP contribution in [-0.4, -0.2) is 25.4 Å². The summed E-state index contributed by atoms with van der Waals surface area (Å²) in [5.41, 5.74) is 3.52. The van der Waals surface area contributed by atoms with Gasteiger partial charge in [-0.3, -0.25) is 9.00 Å². The fourth-order valence-electron chi connectivity index (χ4n) is 3.01. The summed E-state index contributed by atoms with van der Waals surface area (Å²) in [4.78, 5) is 24.9. The van der Waals surface area contributed by atoms with Crippen molar-refractivity contribution in [3.8, 4) is 11.3 Å². The predicted octanol–water partition coefficient (Wildman–Crippen LogP) is 3.77. The normalized spacial score (nSPS) is 12.1. The Labute approximate surface area is 164 Å². The second-order valence-corrected chi connectivity index (χ2v) is 7.81. The summed E-state index contributed by atoms with van der Waals surface area (Å²) in [5.74, 6) is 0.306. The monoisotopic (exact) mass is 390 g/mol. The summed E-state index contributed by atoms with van der Waals surface area (Å²) >= 11 is 0. The van der Waals surface area contributed by atoms with Crippen LogP contribution in [0, 0.1) is 6.92 Å². The number of hydrogen-bond donors (Lipinski definition) is 2.